The maximum atomic E-state index is 14.6. The molecular formula is C19H24FN9O2. The Balaban J connectivity index is 2.01. The van der Waals surface area contributed by atoms with E-state index >= 15 is 0 Å². The topological polar surface area (TPSA) is 159 Å². The standard InChI is InChI=1S/C19H24FN9O2/c1-4-14(10(2)21)27-18-13(20)8-12(16(22)30)17(28-18)26-11-7-15(19(31-3)23-9-11)29-24-5-6-25-29/h5-10,14H,4,21H2,1-3H3,(H2,22,30)(H2,26,27,28)/t10-,14+/m0/s1. The maximum absolute atomic E-state index is 14.6. The van der Waals surface area contributed by atoms with Gasteiger partial charge in [0.2, 0.25) is 5.88 Å². The van der Waals surface area contributed by atoms with Crippen LogP contribution in [0.4, 0.5) is 21.7 Å². The minimum Gasteiger partial charge on any atom is -0.479 e. The van der Waals surface area contributed by atoms with Gasteiger partial charge >= 0.3 is 0 Å². The molecule has 1 amide bonds. The van der Waals surface area contributed by atoms with Crippen molar-refractivity contribution in [3.05, 3.63) is 42.1 Å². The van der Waals surface area contributed by atoms with Crippen molar-refractivity contribution in [3.63, 3.8) is 0 Å². The fraction of sp³-hybridized carbons (Fsp3) is 0.316. The highest BCUT2D eigenvalue weighted by molar-refractivity contribution is 5.98. The van der Waals surface area contributed by atoms with Crippen LogP contribution < -0.4 is 26.8 Å². The number of amides is 1. The minimum absolute atomic E-state index is 0.0490. The molecule has 3 aromatic rings. The largest absolute Gasteiger partial charge is 0.479 e. The van der Waals surface area contributed by atoms with Gasteiger partial charge in [0, 0.05) is 12.1 Å². The Morgan fingerprint density at radius 2 is 2.00 bits per heavy atom. The van der Waals surface area contributed by atoms with Gasteiger partial charge < -0.3 is 26.8 Å². The lowest BCUT2D eigenvalue weighted by Crippen LogP contribution is -2.38. The Labute approximate surface area is 178 Å². The molecule has 164 valence electrons. The van der Waals surface area contributed by atoms with Gasteiger partial charge in [0.05, 0.1) is 37.0 Å². The summed E-state index contributed by atoms with van der Waals surface area (Å²) in [6.07, 6.45) is 5.13. The number of carbonyl (C=O) groups is 1. The Morgan fingerprint density at radius 3 is 2.58 bits per heavy atom. The zero-order valence-corrected chi connectivity index (χ0v) is 17.3. The summed E-state index contributed by atoms with van der Waals surface area (Å²) >= 11 is 0. The van der Waals surface area contributed by atoms with Crippen molar-refractivity contribution >= 4 is 23.2 Å². The quantitative estimate of drug-likeness (QED) is 0.396. The number of nitrogens with zero attached hydrogens (tertiary/aromatic N) is 5. The maximum Gasteiger partial charge on any atom is 0.252 e. The van der Waals surface area contributed by atoms with Crippen LogP contribution in [0.1, 0.15) is 30.6 Å². The van der Waals surface area contributed by atoms with Crippen molar-refractivity contribution < 1.29 is 13.9 Å². The average Bonchev–Trinajstić information content (AvgIpc) is 3.28. The third-order valence-corrected chi connectivity index (χ3v) is 4.56. The lowest BCUT2D eigenvalue weighted by molar-refractivity contribution is 0.100. The first-order valence-electron chi connectivity index (χ1n) is 9.54. The Morgan fingerprint density at radius 1 is 1.29 bits per heavy atom. The van der Waals surface area contributed by atoms with Crippen LogP contribution in [0.25, 0.3) is 5.69 Å². The minimum atomic E-state index is -0.838. The van der Waals surface area contributed by atoms with Gasteiger partial charge in [-0.25, -0.2) is 14.4 Å². The van der Waals surface area contributed by atoms with E-state index in [0.717, 1.165) is 6.07 Å². The normalized spacial score (nSPS) is 12.8. The van der Waals surface area contributed by atoms with Gasteiger partial charge in [-0.15, -0.1) is 4.80 Å². The summed E-state index contributed by atoms with van der Waals surface area (Å²) in [6, 6.07) is 2.22. The molecule has 12 heteroatoms. The molecule has 3 heterocycles. The smallest absolute Gasteiger partial charge is 0.252 e. The van der Waals surface area contributed by atoms with Gasteiger partial charge in [-0.05, 0) is 25.5 Å². The summed E-state index contributed by atoms with van der Waals surface area (Å²) < 4.78 is 19.8. The summed E-state index contributed by atoms with van der Waals surface area (Å²) in [5.41, 5.74) is 12.1. The number of hydrogen-bond acceptors (Lipinski definition) is 9. The zero-order chi connectivity index (χ0) is 22.5. The fourth-order valence-corrected chi connectivity index (χ4v) is 2.94. The van der Waals surface area contributed by atoms with E-state index in [9.17, 15) is 9.18 Å². The highest BCUT2D eigenvalue weighted by atomic mass is 19.1. The van der Waals surface area contributed by atoms with Crippen molar-refractivity contribution in [2.45, 2.75) is 32.4 Å². The van der Waals surface area contributed by atoms with E-state index in [1.54, 1.807) is 6.07 Å². The number of halogens is 1. The first-order valence-corrected chi connectivity index (χ1v) is 9.54. The molecule has 0 aliphatic heterocycles. The van der Waals surface area contributed by atoms with E-state index in [-0.39, 0.29) is 35.2 Å². The lowest BCUT2D eigenvalue weighted by atomic mass is 10.1. The van der Waals surface area contributed by atoms with Crippen molar-refractivity contribution in [2.75, 3.05) is 17.7 Å². The number of nitrogens with one attached hydrogen (secondary N) is 2. The molecule has 31 heavy (non-hydrogen) atoms. The number of ether oxygens (including phenoxy) is 1. The molecule has 0 aliphatic rings. The number of hydrogen-bond donors (Lipinski definition) is 4. The number of aromatic nitrogens is 5. The molecule has 0 saturated carbocycles. The Hall–Kier alpha value is -3.80. The molecule has 0 unspecified atom stereocenters. The van der Waals surface area contributed by atoms with Crippen LogP contribution in [-0.4, -0.2) is 50.1 Å². The van der Waals surface area contributed by atoms with Crippen molar-refractivity contribution in [2.24, 2.45) is 11.5 Å². The summed E-state index contributed by atoms with van der Waals surface area (Å²) in [5.74, 6) is -1.26. The molecular weight excluding hydrogens is 405 g/mol. The summed E-state index contributed by atoms with van der Waals surface area (Å²) in [7, 11) is 1.47. The molecule has 0 saturated heterocycles. The van der Waals surface area contributed by atoms with E-state index < -0.39 is 11.7 Å². The second-order valence-electron chi connectivity index (χ2n) is 6.79. The van der Waals surface area contributed by atoms with Gasteiger partial charge in [-0.2, -0.15) is 10.2 Å². The van der Waals surface area contributed by atoms with Crippen LogP contribution in [0.15, 0.2) is 30.7 Å². The highest BCUT2D eigenvalue weighted by Crippen LogP contribution is 2.27. The number of pyridine rings is 2. The van der Waals surface area contributed by atoms with Crippen LogP contribution in [0.5, 0.6) is 5.88 Å². The first-order chi connectivity index (χ1) is 14.8. The average molecular weight is 429 g/mol. The van der Waals surface area contributed by atoms with Crippen molar-refractivity contribution in [3.8, 4) is 11.6 Å². The van der Waals surface area contributed by atoms with Crippen LogP contribution >= 0.6 is 0 Å². The molecule has 3 aromatic heterocycles. The number of nitrogens with two attached hydrogens (primary N) is 2. The van der Waals surface area contributed by atoms with Crippen molar-refractivity contribution in [1.29, 1.82) is 0 Å². The lowest BCUT2D eigenvalue weighted by Gasteiger charge is -2.22. The third-order valence-electron chi connectivity index (χ3n) is 4.56. The van der Waals surface area contributed by atoms with Crippen molar-refractivity contribution in [1.82, 2.24) is 25.0 Å². The predicted octanol–water partition coefficient (Wildman–Crippen LogP) is 1.59. The van der Waals surface area contributed by atoms with E-state index in [2.05, 4.69) is 30.8 Å². The monoisotopic (exact) mass is 429 g/mol. The molecule has 3 rings (SSSR count). The Bertz CT molecular complexity index is 1060. The number of primary amides is 1. The molecule has 0 bridgehead atoms. The zero-order valence-electron chi connectivity index (χ0n) is 17.3. The summed E-state index contributed by atoms with van der Waals surface area (Å²) in [6.45, 7) is 3.73. The van der Waals surface area contributed by atoms with Gasteiger partial charge in [0.1, 0.15) is 11.5 Å². The van der Waals surface area contributed by atoms with Crippen LogP contribution in [0.2, 0.25) is 0 Å². The molecule has 11 nitrogen and oxygen atoms in total. The highest BCUT2D eigenvalue weighted by Gasteiger charge is 2.20. The molecule has 6 N–H and O–H groups in total. The van der Waals surface area contributed by atoms with E-state index in [4.69, 9.17) is 16.2 Å². The van der Waals surface area contributed by atoms with Crippen LogP contribution in [0, 0.1) is 5.82 Å². The van der Waals surface area contributed by atoms with E-state index in [0.29, 0.717) is 17.8 Å². The SMILES string of the molecule is CC[C@@H](Nc1nc(Nc2cnc(OC)c(-n3nccn3)c2)c(C(N)=O)cc1F)[C@H](C)N. The van der Waals surface area contributed by atoms with E-state index in [1.165, 1.54) is 30.5 Å². The number of anilines is 3. The van der Waals surface area contributed by atoms with E-state index in [1.807, 2.05) is 13.8 Å². The molecule has 0 spiro atoms. The molecule has 2 atom stereocenters. The van der Waals surface area contributed by atoms with Gasteiger partial charge in [0.25, 0.3) is 5.91 Å². The summed E-state index contributed by atoms with van der Waals surface area (Å²) in [4.78, 5) is 21.7. The van der Waals surface area contributed by atoms with Gasteiger partial charge in [-0.1, -0.05) is 6.92 Å². The molecule has 0 aromatic carbocycles. The second-order valence-corrected chi connectivity index (χ2v) is 6.79. The predicted molar refractivity (Wildman–Crippen MR) is 113 cm³/mol. The third kappa shape index (κ3) is 4.86. The van der Waals surface area contributed by atoms with Gasteiger partial charge in [0.15, 0.2) is 11.6 Å². The van der Waals surface area contributed by atoms with Crippen LogP contribution in [-0.2, 0) is 0 Å². The molecule has 0 fully saturated rings. The molecule has 0 radical (unpaired) electrons. The number of methoxy groups -OCH3 is 1. The summed E-state index contributed by atoms with van der Waals surface area (Å²) in [5, 5.41) is 14.1. The fourth-order valence-electron chi connectivity index (χ4n) is 2.94. The number of rotatable bonds is 9. The first kappa shape index (κ1) is 21.9. The van der Waals surface area contributed by atoms with Gasteiger partial charge in [-0.3, -0.25) is 4.79 Å². The molecule has 0 aliphatic carbocycles. The Kier molecular flexibility index (Phi) is 6.60. The second kappa shape index (κ2) is 9.34. The number of carbonyl (C=O) groups excluding carboxylic acids is 1. The van der Waals surface area contributed by atoms with Crippen LogP contribution in [0.3, 0.4) is 0 Å².